The number of rotatable bonds is 0. The molecule has 1 heteroatoms. The van der Waals surface area contributed by atoms with E-state index in [0.717, 1.165) is 18.6 Å². The lowest BCUT2D eigenvalue weighted by Crippen LogP contribution is -1.88. The number of allylic oxidation sites excluding steroid dienone is 1. The Morgan fingerprint density at radius 2 is 2.00 bits per heavy atom. The van der Waals surface area contributed by atoms with Crippen LogP contribution < -0.4 is 4.74 Å². The molecule has 0 spiro atoms. The predicted molar refractivity (Wildman–Crippen MR) is 53.9 cm³/mol. The third kappa shape index (κ3) is 1.74. The minimum absolute atomic E-state index is 1.02. The van der Waals surface area contributed by atoms with Gasteiger partial charge in [-0.25, -0.2) is 0 Å². The van der Waals surface area contributed by atoms with Crippen LogP contribution in [0.2, 0.25) is 0 Å². The van der Waals surface area contributed by atoms with Crippen LogP contribution in [0.4, 0.5) is 0 Å². The molecule has 0 saturated heterocycles. The summed E-state index contributed by atoms with van der Waals surface area (Å²) in [5.74, 6) is 1.02. The summed E-state index contributed by atoms with van der Waals surface area (Å²) in [6, 6.07) is 6.36. The SMILES string of the molecule is CC1=COc2ccc(C)cc2CC1. The van der Waals surface area contributed by atoms with Gasteiger partial charge in [0.1, 0.15) is 5.75 Å². The van der Waals surface area contributed by atoms with E-state index in [0.29, 0.717) is 0 Å². The molecule has 0 fully saturated rings. The molecule has 0 radical (unpaired) electrons. The fraction of sp³-hybridized carbons (Fsp3) is 0.333. The first-order valence-corrected chi connectivity index (χ1v) is 4.67. The van der Waals surface area contributed by atoms with Crippen LogP contribution in [-0.2, 0) is 6.42 Å². The Labute approximate surface area is 79.0 Å². The lowest BCUT2D eigenvalue weighted by atomic mass is 10.0. The molecule has 1 aliphatic rings. The van der Waals surface area contributed by atoms with Gasteiger partial charge in [-0.05, 0) is 43.9 Å². The first-order chi connectivity index (χ1) is 6.25. The Morgan fingerprint density at radius 3 is 2.85 bits per heavy atom. The van der Waals surface area contributed by atoms with E-state index in [-0.39, 0.29) is 0 Å². The number of hydrogen-bond acceptors (Lipinski definition) is 1. The maximum absolute atomic E-state index is 5.55. The molecule has 1 aliphatic heterocycles. The van der Waals surface area contributed by atoms with Crippen molar-refractivity contribution in [2.24, 2.45) is 0 Å². The van der Waals surface area contributed by atoms with Crippen LogP contribution in [-0.4, -0.2) is 0 Å². The maximum atomic E-state index is 5.55. The highest BCUT2D eigenvalue weighted by molar-refractivity contribution is 5.38. The topological polar surface area (TPSA) is 9.23 Å². The Balaban J connectivity index is 2.37. The summed E-state index contributed by atoms with van der Waals surface area (Å²) in [6.07, 6.45) is 4.07. The number of fused-ring (bicyclic) bond motifs is 1. The third-order valence-corrected chi connectivity index (χ3v) is 2.39. The molecule has 0 atom stereocenters. The zero-order valence-electron chi connectivity index (χ0n) is 8.13. The lowest BCUT2D eigenvalue weighted by Gasteiger charge is -2.05. The van der Waals surface area contributed by atoms with Crippen LogP contribution in [0.3, 0.4) is 0 Å². The summed E-state index contributed by atoms with van der Waals surface area (Å²) < 4.78 is 5.55. The molecule has 0 saturated carbocycles. The van der Waals surface area contributed by atoms with Gasteiger partial charge < -0.3 is 4.74 Å². The highest BCUT2D eigenvalue weighted by atomic mass is 16.5. The molecule has 68 valence electrons. The molecule has 0 unspecified atom stereocenters. The van der Waals surface area contributed by atoms with Crippen molar-refractivity contribution in [3.63, 3.8) is 0 Å². The summed E-state index contributed by atoms with van der Waals surface area (Å²) in [4.78, 5) is 0. The summed E-state index contributed by atoms with van der Waals surface area (Å²) in [6.45, 7) is 4.23. The highest BCUT2D eigenvalue weighted by Crippen LogP contribution is 2.25. The minimum atomic E-state index is 1.02. The van der Waals surface area contributed by atoms with Crippen LogP contribution in [0.5, 0.6) is 5.75 Å². The summed E-state index contributed by atoms with van der Waals surface area (Å²) >= 11 is 0. The molecule has 0 aromatic heterocycles. The zero-order valence-corrected chi connectivity index (χ0v) is 8.13. The van der Waals surface area contributed by atoms with Gasteiger partial charge in [-0.15, -0.1) is 0 Å². The third-order valence-electron chi connectivity index (χ3n) is 2.39. The van der Waals surface area contributed by atoms with Crippen LogP contribution in [0, 0.1) is 6.92 Å². The van der Waals surface area contributed by atoms with Crippen LogP contribution in [0.25, 0.3) is 0 Å². The van der Waals surface area contributed by atoms with Crippen LogP contribution in [0.1, 0.15) is 24.5 Å². The van der Waals surface area contributed by atoms with Crippen LogP contribution in [0.15, 0.2) is 30.0 Å². The van der Waals surface area contributed by atoms with E-state index in [2.05, 4.69) is 32.0 Å². The lowest BCUT2D eigenvalue weighted by molar-refractivity contribution is 0.475. The fourth-order valence-electron chi connectivity index (χ4n) is 1.57. The van der Waals surface area contributed by atoms with Crippen molar-refractivity contribution in [3.8, 4) is 5.75 Å². The Kier molecular flexibility index (Phi) is 2.09. The first-order valence-electron chi connectivity index (χ1n) is 4.67. The standard InChI is InChI=1S/C12H14O/c1-9-4-6-12-11(7-9)5-3-10(2)8-13-12/h4,6-8H,3,5H2,1-2H3. The normalized spacial score (nSPS) is 15.4. The molecule has 13 heavy (non-hydrogen) atoms. The second kappa shape index (κ2) is 3.25. The van der Waals surface area contributed by atoms with Crippen molar-refractivity contribution in [1.29, 1.82) is 0 Å². The Bertz CT molecular complexity index is 350. The van der Waals surface area contributed by atoms with Crippen molar-refractivity contribution in [1.82, 2.24) is 0 Å². The van der Waals surface area contributed by atoms with Gasteiger partial charge in [0.15, 0.2) is 0 Å². The van der Waals surface area contributed by atoms with Crippen molar-refractivity contribution >= 4 is 0 Å². The molecular formula is C12H14O. The molecule has 2 rings (SSSR count). The van der Waals surface area contributed by atoms with Gasteiger partial charge in [0.2, 0.25) is 0 Å². The maximum Gasteiger partial charge on any atom is 0.129 e. The summed E-state index contributed by atoms with van der Waals surface area (Å²) in [7, 11) is 0. The molecular weight excluding hydrogens is 160 g/mol. The van der Waals surface area contributed by atoms with Gasteiger partial charge in [0.05, 0.1) is 6.26 Å². The molecule has 1 nitrogen and oxygen atoms in total. The zero-order chi connectivity index (χ0) is 9.26. The van der Waals surface area contributed by atoms with Gasteiger partial charge in [-0.2, -0.15) is 0 Å². The molecule has 1 aromatic rings. The van der Waals surface area contributed by atoms with Crippen molar-refractivity contribution < 1.29 is 4.74 Å². The van der Waals surface area contributed by atoms with Gasteiger partial charge >= 0.3 is 0 Å². The molecule has 1 heterocycles. The highest BCUT2D eigenvalue weighted by Gasteiger charge is 2.07. The smallest absolute Gasteiger partial charge is 0.129 e. The van der Waals surface area contributed by atoms with Gasteiger partial charge in [-0.3, -0.25) is 0 Å². The van der Waals surface area contributed by atoms with E-state index in [1.165, 1.54) is 16.7 Å². The van der Waals surface area contributed by atoms with Gasteiger partial charge in [-0.1, -0.05) is 17.7 Å². The second-order valence-electron chi connectivity index (χ2n) is 3.69. The molecule has 0 aliphatic carbocycles. The second-order valence-corrected chi connectivity index (χ2v) is 3.69. The number of benzene rings is 1. The predicted octanol–water partition coefficient (Wildman–Crippen LogP) is 3.22. The van der Waals surface area contributed by atoms with Gasteiger partial charge in [0, 0.05) is 0 Å². The largest absolute Gasteiger partial charge is 0.465 e. The first kappa shape index (κ1) is 8.36. The van der Waals surface area contributed by atoms with E-state index in [9.17, 15) is 0 Å². The quantitative estimate of drug-likeness (QED) is 0.586. The average molecular weight is 174 g/mol. The number of aryl methyl sites for hydroxylation is 2. The van der Waals surface area contributed by atoms with Gasteiger partial charge in [0.25, 0.3) is 0 Å². The molecule has 0 amide bonds. The van der Waals surface area contributed by atoms with E-state index >= 15 is 0 Å². The van der Waals surface area contributed by atoms with E-state index in [1.54, 1.807) is 0 Å². The summed E-state index contributed by atoms with van der Waals surface area (Å²) in [5.41, 5.74) is 3.95. The van der Waals surface area contributed by atoms with Crippen molar-refractivity contribution in [2.75, 3.05) is 0 Å². The minimum Gasteiger partial charge on any atom is -0.465 e. The van der Waals surface area contributed by atoms with Crippen molar-refractivity contribution in [2.45, 2.75) is 26.7 Å². The fourth-order valence-corrected chi connectivity index (χ4v) is 1.57. The Hall–Kier alpha value is -1.24. The molecule has 1 aromatic carbocycles. The number of hydrogen-bond donors (Lipinski definition) is 0. The number of ether oxygens (including phenoxy) is 1. The summed E-state index contributed by atoms with van der Waals surface area (Å²) in [5, 5.41) is 0. The average Bonchev–Trinajstić information content (AvgIpc) is 2.29. The Morgan fingerprint density at radius 1 is 1.15 bits per heavy atom. The molecule has 0 bridgehead atoms. The van der Waals surface area contributed by atoms with E-state index in [4.69, 9.17) is 4.74 Å². The van der Waals surface area contributed by atoms with Crippen molar-refractivity contribution in [3.05, 3.63) is 41.2 Å². The monoisotopic (exact) mass is 174 g/mol. The van der Waals surface area contributed by atoms with Crippen LogP contribution >= 0.6 is 0 Å². The molecule has 0 N–H and O–H groups in total. The van der Waals surface area contributed by atoms with E-state index in [1.807, 2.05) is 6.26 Å². The van der Waals surface area contributed by atoms with E-state index < -0.39 is 0 Å².